The quantitative estimate of drug-likeness (QED) is 0.291. The van der Waals surface area contributed by atoms with Gasteiger partial charge >= 0.3 is 5.97 Å². The predicted molar refractivity (Wildman–Crippen MR) is 40.7 cm³/mol. The molecule has 4 heteroatoms. The number of rotatable bonds is 3. The molecule has 0 aliphatic rings. The highest BCUT2D eigenvalue weighted by molar-refractivity contribution is 5.87. The summed E-state index contributed by atoms with van der Waals surface area (Å²) in [6.07, 6.45) is 0.229. The van der Waals surface area contributed by atoms with Crippen molar-refractivity contribution in [1.29, 1.82) is 0 Å². The topological polar surface area (TPSA) is 58.9 Å². The van der Waals surface area contributed by atoms with Gasteiger partial charge in [-0.3, -0.25) is 4.79 Å². The molecule has 0 aromatic rings. The van der Waals surface area contributed by atoms with E-state index in [9.17, 15) is 4.79 Å². The number of carbonyl (C=O) groups excluding carboxylic acids is 1. The van der Waals surface area contributed by atoms with Crippen LogP contribution in [-0.4, -0.2) is 23.0 Å². The van der Waals surface area contributed by atoms with Crippen LogP contribution in [-0.2, 0) is 9.53 Å². The number of nitrogens with zero attached hydrogens (tertiary/aromatic N) is 1. The van der Waals surface area contributed by atoms with Crippen LogP contribution < -0.4 is 0 Å². The van der Waals surface area contributed by atoms with Crippen LogP contribution in [0.1, 0.15) is 27.2 Å². The van der Waals surface area contributed by atoms with Gasteiger partial charge in [0.05, 0.1) is 5.71 Å². The Bertz CT molecular complexity index is 165. The lowest BCUT2D eigenvalue weighted by Crippen LogP contribution is -2.23. The summed E-state index contributed by atoms with van der Waals surface area (Å²) in [5.41, 5.74) is 0.419. The third-order valence-electron chi connectivity index (χ3n) is 1.30. The van der Waals surface area contributed by atoms with Gasteiger partial charge < -0.3 is 9.94 Å². The molecule has 0 rings (SSSR count). The summed E-state index contributed by atoms with van der Waals surface area (Å²) in [4.78, 5) is 10.5. The minimum absolute atomic E-state index is 0.361. The summed E-state index contributed by atoms with van der Waals surface area (Å²) in [6.45, 7) is 4.78. The summed E-state index contributed by atoms with van der Waals surface area (Å²) in [7, 11) is 0. The molecule has 0 aliphatic carbocycles. The minimum Gasteiger partial charge on any atom is -0.456 e. The van der Waals surface area contributed by atoms with E-state index >= 15 is 0 Å². The van der Waals surface area contributed by atoms with Crippen molar-refractivity contribution >= 4 is 11.7 Å². The highest BCUT2D eigenvalue weighted by Crippen LogP contribution is 2.00. The first-order valence-corrected chi connectivity index (χ1v) is 3.47. The molecule has 0 radical (unpaired) electrons. The average molecular weight is 159 g/mol. The molecule has 0 spiro atoms. The largest absolute Gasteiger partial charge is 0.456 e. The molecule has 1 unspecified atom stereocenters. The predicted octanol–water partition coefficient (Wildman–Crippen LogP) is 1.18. The van der Waals surface area contributed by atoms with Crippen molar-refractivity contribution in [2.45, 2.75) is 33.3 Å². The lowest BCUT2D eigenvalue weighted by molar-refractivity contribution is -0.143. The Labute approximate surface area is 65.8 Å². The van der Waals surface area contributed by atoms with Crippen molar-refractivity contribution in [3.05, 3.63) is 0 Å². The fraction of sp³-hybridized carbons (Fsp3) is 0.714. The summed E-state index contributed by atoms with van der Waals surface area (Å²) < 4.78 is 4.82. The molecular weight excluding hydrogens is 146 g/mol. The molecule has 1 atom stereocenters. The van der Waals surface area contributed by atoms with Gasteiger partial charge in [-0.15, -0.1) is 0 Å². The van der Waals surface area contributed by atoms with Gasteiger partial charge in [-0.25, -0.2) is 0 Å². The smallest absolute Gasteiger partial charge is 0.303 e. The van der Waals surface area contributed by atoms with Crippen LogP contribution >= 0.6 is 0 Å². The SMILES string of the molecule is CCC(OC(C)=O)C(C)=NO. The second-order valence-corrected chi connectivity index (χ2v) is 2.25. The maximum atomic E-state index is 10.5. The number of hydrogen-bond donors (Lipinski definition) is 1. The molecule has 0 fully saturated rings. The Morgan fingerprint density at radius 2 is 2.18 bits per heavy atom. The maximum absolute atomic E-state index is 10.5. The molecule has 0 aliphatic heterocycles. The lowest BCUT2D eigenvalue weighted by atomic mass is 10.2. The average Bonchev–Trinajstić information content (AvgIpc) is 1.98. The second-order valence-electron chi connectivity index (χ2n) is 2.25. The lowest BCUT2D eigenvalue weighted by Gasteiger charge is -2.12. The molecule has 1 N–H and O–H groups in total. The molecule has 0 aromatic carbocycles. The van der Waals surface area contributed by atoms with Crippen LogP contribution in [0.25, 0.3) is 0 Å². The fourth-order valence-corrected chi connectivity index (χ4v) is 0.729. The van der Waals surface area contributed by atoms with Gasteiger partial charge in [0.25, 0.3) is 0 Å². The van der Waals surface area contributed by atoms with Crippen molar-refractivity contribution < 1.29 is 14.7 Å². The molecule has 64 valence electrons. The van der Waals surface area contributed by atoms with Crippen LogP contribution in [0.15, 0.2) is 5.16 Å². The van der Waals surface area contributed by atoms with E-state index in [1.807, 2.05) is 6.92 Å². The van der Waals surface area contributed by atoms with Crippen LogP contribution in [0.5, 0.6) is 0 Å². The van der Waals surface area contributed by atoms with Crippen molar-refractivity contribution in [2.24, 2.45) is 5.16 Å². The number of carbonyl (C=O) groups is 1. The second kappa shape index (κ2) is 4.71. The molecule has 0 saturated heterocycles. The summed E-state index contributed by atoms with van der Waals surface area (Å²) >= 11 is 0. The van der Waals surface area contributed by atoms with Crippen LogP contribution in [0.3, 0.4) is 0 Å². The van der Waals surface area contributed by atoms with E-state index in [1.54, 1.807) is 6.92 Å². The first-order valence-electron chi connectivity index (χ1n) is 3.47. The molecule has 0 bridgehead atoms. The van der Waals surface area contributed by atoms with Gasteiger partial charge in [-0.2, -0.15) is 0 Å². The maximum Gasteiger partial charge on any atom is 0.303 e. The number of hydrogen-bond acceptors (Lipinski definition) is 4. The standard InChI is InChI=1S/C7H13NO3/c1-4-7(5(2)8-10)11-6(3)9/h7,10H,4H2,1-3H3. The number of ether oxygens (including phenoxy) is 1. The molecule has 0 saturated carbocycles. The first kappa shape index (κ1) is 9.94. The Balaban J connectivity index is 4.06. The van der Waals surface area contributed by atoms with Gasteiger partial charge in [0.2, 0.25) is 0 Å². The zero-order valence-corrected chi connectivity index (χ0v) is 7.00. The van der Waals surface area contributed by atoms with Crippen LogP contribution in [0.4, 0.5) is 0 Å². The highest BCUT2D eigenvalue weighted by Gasteiger charge is 2.12. The Hall–Kier alpha value is -1.06. The van der Waals surface area contributed by atoms with Gasteiger partial charge in [-0.1, -0.05) is 12.1 Å². The van der Waals surface area contributed by atoms with Gasteiger partial charge in [0.15, 0.2) is 0 Å². The molecule has 0 amide bonds. The summed E-state index contributed by atoms with van der Waals surface area (Å²) in [5, 5.41) is 11.3. The monoisotopic (exact) mass is 159 g/mol. The molecular formula is C7H13NO3. The van der Waals surface area contributed by atoms with E-state index in [-0.39, 0.29) is 5.97 Å². The van der Waals surface area contributed by atoms with Gasteiger partial charge in [0.1, 0.15) is 6.10 Å². The zero-order chi connectivity index (χ0) is 8.85. The van der Waals surface area contributed by atoms with E-state index in [0.717, 1.165) is 0 Å². The number of esters is 1. The third kappa shape index (κ3) is 3.60. The van der Waals surface area contributed by atoms with Crippen molar-refractivity contribution in [2.75, 3.05) is 0 Å². The zero-order valence-electron chi connectivity index (χ0n) is 7.00. The fourth-order valence-electron chi connectivity index (χ4n) is 0.729. The normalized spacial score (nSPS) is 14.3. The first-order chi connectivity index (χ1) is 5.11. The number of oxime groups is 1. The summed E-state index contributed by atoms with van der Waals surface area (Å²) in [5.74, 6) is -0.361. The minimum atomic E-state index is -0.391. The third-order valence-corrected chi connectivity index (χ3v) is 1.30. The van der Waals surface area contributed by atoms with Crippen molar-refractivity contribution in [3.63, 3.8) is 0 Å². The van der Waals surface area contributed by atoms with E-state index in [4.69, 9.17) is 9.94 Å². The molecule has 11 heavy (non-hydrogen) atoms. The van der Waals surface area contributed by atoms with E-state index in [1.165, 1.54) is 6.92 Å². The van der Waals surface area contributed by atoms with E-state index < -0.39 is 6.10 Å². The van der Waals surface area contributed by atoms with Crippen molar-refractivity contribution in [1.82, 2.24) is 0 Å². The van der Waals surface area contributed by atoms with Crippen LogP contribution in [0, 0.1) is 0 Å². The Morgan fingerprint density at radius 3 is 2.45 bits per heavy atom. The van der Waals surface area contributed by atoms with Crippen LogP contribution in [0.2, 0.25) is 0 Å². The molecule has 0 aromatic heterocycles. The Kier molecular flexibility index (Phi) is 4.26. The van der Waals surface area contributed by atoms with E-state index in [0.29, 0.717) is 12.1 Å². The van der Waals surface area contributed by atoms with E-state index in [2.05, 4.69) is 5.16 Å². The molecule has 4 nitrogen and oxygen atoms in total. The van der Waals surface area contributed by atoms with Gasteiger partial charge in [-0.05, 0) is 13.3 Å². The van der Waals surface area contributed by atoms with Gasteiger partial charge in [0, 0.05) is 6.92 Å². The highest BCUT2D eigenvalue weighted by atomic mass is 16.5. The molecule has 0 heterocycles. The summed E-state index contributed by atoms with van der Waals surface area (Å²) in [6, 6.07) is 0. The Morgan fingerprint density at radius 1 is 1.64 bits per heavy atom. The van der Waals surface area contributed by atoms with Crippen molar-refractivity contribution in [3.8, 4) is 0 Å².